The molecule has 2 rings (SSSR count). The molecular formula is C13H19N3OS. The second kappa shape index (κ2) is 5.54. The second-order valence-corrected chi connectivity index (χ2v) is 5.18. The topological polar surface area (TPSA) is 51.4 Å². The van der Waals surface area contributed by atoms with Crippen molar-refractivity contribution in [3.63, 3.8) is 0 Å². The zero-order valence-corrected chi connectivity index (χ0v) is 11.8. The summed E-state index contributed by atoms with van der Waals surface area (Å²) in [5, 5.41) is 0.596. The molecule has 2 N–H and O–H groups in total. The molecule has 0 aliphatic heterocycles. The molecule has 4 nitrogen and oxygen atoms in total. The molecule has 2 aromatic rings. The summed E-state index contributed by atoms with van der Waals surface area (Å²) in [5.41, 5.74) is 6.62. The van der Waals surface area contributed by atoms with Crippen molar-refractivity contribution in [2.24, 2.45) is 0 Å². The van der Waals surface area contributed by atoms with Gasteiger partial charge in [-0.05, 0) is 38.2 Å². The fraction of sp³-hybridized carbons (Fsp3) is 0.462. The highest BCUT2D eigenvalue weighted by Crippen LogP contribution is 2.28. The van der Waals surface area contributed by atoms with Crippen LogP contribution < -0.4 is 10.5 Å². The molecule has 0 saturated heterocycles. The third-order valence-electron chi connectivity index (χ3n) is 3.01. The summed E-state index contributed by atoms with van der Waals surface area (Å²) >= 11 is 1.49. The van der Waals surface area contributed by atoms with Gasteiger partial charge in [-0.25, -0.2) is 4.98 Å². The highest BCUT2D eigenvalue weighted by molar-refractivity contribution is 7.22. The average Bonchev–Trinajstić information content (AvgIpc) is 2.70. The Morgan fingerprint density at radius 1 is 1.39 bits per heavy atom. The molecular weight excluding hydrogens is 246 g/mol. The van der Waals surface area contributed by atoms with E-state index in [4.69, 9.17) is 10.5 Å². The highest BCUT2D eigenvalue weighted by atomic mass is 32.1. The van der Waals surface area contributed by atoms with Crippen LogP contribution in [0.25, 0.3) is 10.2 Å². The van der Waals surface area contributed by atoms with Crippen molar-refractivity contribution in [1.29, 1.82) is 0 Å². The molecule has 0 aliphatic rings. The molecule has 1 aromatic carbocycles. The van der Waals surface area contributed by atoms with Gasteiger partial charge in [0.25, 0.3) is 0 Å². The molecule has 5 heteroatoms. The van der Waals surface area contributed by atoms with Gasteiger partial charge in [0, 0.05) is 0 Å². The summed E-state index contributed by atoms with van der Waals surface area (Å²) < 4.78 is 7.01. The molecule has 1 aromatic heterocycles. The minimum atomic E-state index is 0.0720. The van der Waals surface area contributed by atoms with E-state index in [0.717, 1.165) is 29.1 Å². The lowest BCUT2D eigenvalue weighted by Gasteiger charge is -2.26. The molecule has 1 unspecified atom stereocenters. The van der Waals surface area contributed by atoms with Crippen LogP contribution in [0.1, 0.15) is 20.8 Å². The Balaban J connectivity index is 2.16. The van der Waals surface area contributed by atoms with E-state index in [1.165, 1.54) is 11.3 Å². The van der Waals surface area contributed by atoms with E-state index < -0.39 is 0 Å². The van der Waals surface area contributed by atoms with Crippen LogP contribution in [0.4, 0.5) is 5.13 Å². The van der Waals surface area contributed by atoms with Gasteiger partial charge >= 0.3 is 0 Å². The molecule has 1 heterocycles. The third-order valence-corrected chi connectivity index (χ3v) is 3.86. The van der Waals surface area contributed by atoms with Crippen LogP contribution >= 0.6 is 11.3 Å². The molecule has 0 saturated carbocycles. The summed E-state index contributed by atoms with van der Waals surface area (Å²) in [6.07, 6.45) is 0.0720. The van der Waals surface area contributed by atoms with Gasteiger partial charge in [0.1, 0.15) is 12.0 Å². The second-order valence-electron chi connectivity index (χ2n) is 4.12. The summed E-state index contributed by atoms with van der Waals surface area (Å²) in [5.74, 6) is 0.866. The number of hydrogen-bond donors (Lipinski definition) is 1. The molecule has 0 spiro atoms. The maximum absolute atomic E-state index is 5.94. The predicted molar refractivity (Wildman–Crippen MR) is 77.0 cm³/mol. The predicted octanol–water partition coefficient (Wildman–Crippen LogP) is 2.95. The largest absolute Gasteiger partial charge is 0.475 e. The van der Waals surface area contributed by atoms with Crippen LogP contribution in [-0.4, -0.2) is 29.2 Å². The van der Waals surface area contributed by atoms with Gasteiger partial charge in [-0.3, -0.25) is 4.90 Å². The first-order chi connectivity index (χ1) is 8.63. The molecule has 1 atom stereocenters. The molecule has 0 fully saturated rings. The zero-order chi connectivity index (χ0) is 13.1. The molecule has 98 valence electrons. The first kappa shape index (κ1) is 13.1. The van der Waals surface area contributed by atoms with Crippen molar-refractivity contribution < 1.29 is 4.74 Å². The first-order valence-electron chi connectivity index (χ1n) is 6.20. The fourth-order valence-corrected chi connectivity index (χ4v) is 2.77. The fourth-order valence-electron chi connectivity index (χ4n) is 2.01. The van der Waals surface area contributed by atoms with Crippen molar-refractivity contribution in [3.8, 4) is 5.75 Å². The zero-order valence-electron chi connectivity index (χ0n) is 11.0. The number of thiazole rings is 1. The number of ether oxygens (including phenoxy) is 1. The lowest BCUT2D eigenvalue weighted by molar-refractivity contribution is 0.0482. The quantitative estimate of drug-likeness (QED) is 0.844. The minimum Gasteiger partial charge on any atom is -0.475 e. The highest BCUT2D eigenvalue weighted by Gasteiger charge is 2.12. The number of fused-ring (bicyclic) bond motifs is 1. The van der Waals surface area contributed by atoms with Gasteiger partial charge in [0.05, 0.1) is 10.2 Å². The van der Waals surface area contributed by atoms with Gasteiger partial charge in [0.2, 0.25) is 0 Å². The SMILES string of the molecule is CCN(CC)C(C)Oc1ccc2nc(N)sc2c1. The lowest BCUT2D eigenvalue weighted by atomic mass is 10.3. The number of hydrogen-bond acceptors (Lipinski definition) is 5. The normalized spacial score (nSPS) is 13.1. The van der Waals surface area contributed by atoms with E-state index in [1.807, 2.05) is 18.2 Å². The van der Waals surface area contributed by atoms with Crippen LogP contribution in [0.15, 0.2) is 18.2 Å². The smallest absolute Gasteiger partial charge is 0.181 e. The van der Waals surface area contributed by atoms with Gasteiger partial charge < -0.3 is 10.5 Å². The Bertz CT molecular complexity index is 522. The van der Waals surface area contributed by atoms with E-state index in [1.54, 1.807) is 0 Å². The van der Waals surface area contributed by atoms with Gasteiger partial charge in [-0.2, -0.15) is 0 Å². The summed E-state index contributed by atoms with van der Waals surface area (Å²) in [6, 6.07) is 5.90. The lowest BCUT2D eigenvalue weighted by Crippen LogP contribution is -2.36. The van der Waals surface area contributed by atoms with Crippen LogP contribution in [0.2, 0.25) is 0 Å². The van der Waals surface area contributed by atoms with Crippen LogP contribution in [0.5, 0.6) is 5.75 Å². The molecule has 0 radical (unpaired) electrons. The van der Waals surface area contributed by atoms with Crippen LogP contribution in [0, 0.1) is 0 Å². The number of nitrogens with two attached hydrogens (primary N) is 1. The maximum Gasteiger partial charge on any atom is 0.181 e. The Kier molecular flexibility index (Phi) is 4.04. The minimum absolute atomic E-state index is 0.0720. The number of rotatable bonds is 5. The van der Waals surface area contributed by atoms with E-state index in [9.17, 15) is 0 Å². The van der Waals surface area contributed by atoms with Crippen molar-refractivity contribution >= 4 is 26.7 Å². The number of nitrogen functional groups attached to an aromatic ring is 1. The van der Waals surface area contributed by atoms with E-state index >= 15 is 0 Å². The molecule has 0 aliphatic carbocycles. The third kappa shape index (κ3) is 2.73. The maximum atomic E-state index is 5.94. The van der Waals surface area contributed by atoms with Gasteiger partial charge in [-0.1, -0.05) is 25.2 Å². The van der Waals surface area contributed by atoms with Crippen molar-refractivity contribution in [2.45, 2.75) is 27.0 Å². The molecule has 0 amide bonds. The van der Waals surface area contributed by atoms with Crippen LogP contribution in [0.3, 0.4) is 0 Å². The summed E-state index contributed by atoms with van der Waals surface area (Å²) in [4.78, 5) is 6.49. The first-order valence-corrected chi connectivity index (χ1v) is 7.02. The van der Waals surface area contributed by atoms with Crippen LogP contribution in [-0.2, 0) is 0 Å². The van der Waals surface area contributed by atoms with Gasteiger partial charge in [0.15, 0.2) is 5.13 Å². The number of aromatic nitrogens is 1. The van der Waals surface area contributed by atoms with E-state index in [-0.39, 0.29) is 6.23 Å². The van der Waals surface area contributed by atoms with Crippen molar-refractivity contribution in [1.82, 2.24) is 9.88 Å². The standard InChI is InChI=1S/C13H19N3OS/c1-4-16(5-2)9(3)17-10-6-7-11-12(8-10)18-13(14)15-11/h6-9H,4-5H2,1-3H3,(H2,14,15). The Hall–Kier alpha value is -1.33. The van der Waals surface area contributed by atoms with Crippen molar-refractivity contribution in [2.75, 3.05) is 18.8 Å². The number of nitrogens with zero attached hydrogens (tertiary/aromatic N) is 2. The van der Waals surface area contributed by atoms with E-state index in [0.29, 0.717) is 5.13 Å². The van der Waals surface area contributed by atoms with Crippen molar-refractivity contribution in [3.05, 3.63) is 18.2 Å². The van der Waals surface area contributed by atoms with Gasteiger partial charge in [-0.15, -0.1) is 0 Å². The molecule has 0 bridgehead atoms. The summed E-state index contributed by atoms with van der Waals surface area (Å²) in [6.45, 7) is 8.30. The number of anilines is 1. The summed E-state index contributed by atoms with van der Waals surface area (Å²) in [7, 11) is 0. The monoisotopic (exact) mass is 265 g/mol. The molecule has 18 heavy (non-hydrogen) atoms. The Morgan fingerprint density at radius 3 is 2.78 bits per heavy atom. The van der Waals surface area contributed by atoms with E-state index in [2.05, 4.69) is 30.7 Å². The number of benzene rings is 1. The Labute approximate surface area is 111 Å². The average molecular weight is 265 g/mol. The Morgan fingerprint density at radius 2 is 2.11 bits per heavy atom.